The third-order valence-electron chi connectivity index (χ3n) is 6.21. The number of fused-ring (bicyclic) bond motifs is 1. The van der Waals surface area contributed by atoms with E-state index in [-0.39, 0.29) is 23.8 Å². The van der Waals surface area contributed by atoms with E-state index in [0.29, 0.717) is 25.5 Å². The predicted molar refractivity (Wildman–Crippen MR) is 96.3 cm³/mol. The fourth-order valence-corrected chi connectivity index (χ4v) is 6.17. The molecule has 1 amide bonds. The van der Waals surface area contributed by atoms with Crippen LogP contribution in [0.25, 0.3) is 0 Å². The first kappa shape index (κ1) is 17.0. The molecule has 0 unspecified atom stereocenters. The Morgan fingerprint density at radius 3 is 2.36 bits per heavy atom. The van der Waals surface area contributed by atoms with Gasteiger partial charge in [-0.3, -0.25) is 4.79 Å². The predicted octanol–water partition coefficient (Wildman–Crippen LogP) is 2.27. The lowest BCUT2D eigenvalue weighted by Gasteiger charge is -2.29. The second-order valence-electron chi connectivity index (χ2n) is 7.84. The van der Waals surface area contributed by atoms with Crippen LogP contribution in [0, 0.1) is 17.8 Å². The highest BCUT2D eigenvalue weighted by atomic mass is 32.2. The van der Waals surface area contributed by atoms with Crippen molar-refractivity contribution >= 4 is 15.9 Å². The average molecular weight is 362 g/mol. The van der Waals surface area contributed by atoms with Crippen molar-refractivity contribution in [3.8, 4) is 0 Å². The van der Waals surface area contributed by atoms with Gasteiger partial charge in [0.2, 0.25) is 15.9 Å². The summed E-state index contributed by atoms with van der Waals surface area (Å²) in [5.41, 5.74) is 1.04. The van der Waals surface area contributed by atoms with Gasteiger partial charge in [0.15, 0.2) is 0 Å². The van der Waals surface area contributed by atoms with Crippen molar-refractivity contribution in [2.75, 3.05) is 25.9 Å². The van der Waals surface area contributed by atoms with Crippen molar-refractivity contribution in [3.63, 3.8) is 0 Å². The van der Waals surface area contributed by atoms with Crippen LogP contribution >= 0.6 is 0 Å². The molecule has 1 aromatic rings. The molecular weight excluding hydrogens is 336 g/mol. The van der Waals surface area contributed by atoms with Gasteiger partial charge in [0.05, 0.1) is 12.3 Å². The van der Waals surface area contributed by atoms with Gasteiger partial charge in [-0.05, 0) is 24.3 Å². The number of likely N-dealkylation sites (tertiary alicyclic amines) is 1. The minimum Gasteiger partial charge on any atom is -0.342 e. The van der Waals surface area contributed by atoms with Crippen molar-refractivity contribution in [2.45, 2.75) is 31.7 Å². The lowest BCUT2D eigenvalue weighted by atomic mass is 9.90. The minimum absolute atomic E-state index is 0.150. The molecule has 6 heteroatoms. The third-order valence-corrected chi connectivity index (χ3v) is 7.43. The average Bonchev–Trinajstić information content (AvgIpc) is 3.29. The molecule has 1 aliphatic carbocycles. The van der Waals surface area contributed by atoms with Crippen LogP contribution in [0.3, 0.4) is 0 Å². The molecule has 1 aromatic carbocycles. The van der Waals surface area contributed by atoms with Crippen LogP contribution in [0.4, 0.5) is 0 Å². The van der Waals surface area contributed by atoms with Crippen LogP contribution in [0.2, 0.25) is 0 Å². The van der Waals surface area contributed by atoms with Gasteiger partial charge in [-0.25, -0.2) is 8.42 Å². The number of benzene rings is 1. The SMILES string of the molecule is CS(=O)(=O)N1C[C@H]2CN(C(=O)C3CCCC3)C[C@H]2[C@@H]1c1ccccc1. The first-order chi connectivity index (χ1) is 11.9. The minimum atomic E-state index is -3.27. The topological polar surface area (TPSA) is 57.7 Å². The standard InChI is InChI=1S/C19H26N2O3S/c1-25(23,24)21-12-16-11-20(19(22)15-9-5-6-10-15)13-17(16)18(21)14-7-3-2-4-8-14/h2-4,7-8,15-18H,5-6,9-13H2,1H3/t16-,17-,18+/m1/s1. The molecule has 2 heterocycles. The summed E-state index contributed by atoms with van der Waals surface area (Å²) in [6.07, 6.45) is 5.65. The molecule has 0 radical (unpaired) electrons. The van der Waals surface area contributed by atoms with Gasteiger partial charge in [-0.2, -0.15) is 4.31 Å². The van der Waals surface area contributed by atoms with Crippen LogP contribution in [-0.2, 0) is 14.8 Å². The second kappa shape index (κ2) is 6.40. The Hall–Kier alpha value is -1.40. The number of hydrogen-bond acceptors (Lipinski definition) is 3. The smallest absolute Gasteiger partial charge is 0.225 e. The monoisotopic (exact) mass is 362 g/mol. The number of carbonyl (C=O) groups is 1. The maximum absolute atomic E-state index is 12.8. The van der Waals surface area contributed by atoms with Crippen LogP contribution in [0.15, 0.2) is 30.3 Å². The van der Waals surface area contributed by atoms with Gasteiger partial charge in [0.25, 0.3) is 0 Å². The van der Waals surface area contributed by atoms with Crippen molar-refractivity contribution in [1.82, 2.24) is 9.21 Å². The molecule has 3 atom stereocenters. The molecule has 0 N–H and O–H groups in total. The first-order valence-corrected chi connectivity index (χ1v) is 11.1. The maximum Gasteiger partial charge on any atom is 0.225 e. The molecule has 1 saturated carbocycles. The molecule has 3 aliphatic rings. The van der Waals surface area contributed by atoms with E-state index in [1.54, 1.807) is 4.31 Å². The number of carbonyl (C=O) groups excluding carboxylic acids is 1. The molecular formula is C19H26N2O3S. The van der Waals surface area contributed by atoms with Crippen molar-refractivity contribution in [3.05, 3.63) is 35.9 Å². The van der Waals surface area contributed by atoms with E-state index in [4.69, 9.17) is 0 Å². The number of hydrogen-bond donors (Lipinski definition) is 0. The molecule has 0 bridgehead atoms. The Balaban J connectivity index is 1.59. The quantitative estimate of drug-likeness (QED) is 0.829. The summed E-state index contributed by atoms with van der Waals surface area (Å²) in [6.45, 7) is 1.92. The lowest BCUT2D eigenvalue weighted by Crippen LogP contribution is -2.38. The van der Waals surface area contributed by atoms with E-state index in [0.717, 1.165) is 31.2 Å². The number of rotatable bonds is 3. The number of nitrogens with zero attached hydrogens (tertiary/aromatic N) is 2. The molecule has 2 aliphatic heterocycles. The third kappa shape index (κ3) is 3.10. The molecule has 3 fully saturated rings. The molecule has 5 nitrogen and oxygen atoms in total. The summed E-state index contributed by atoms with van der Waals surface area (Å²) in [6, 6.07) is 9.73. The molecule has 136 valence electrons. The Labute approximate surface area is 150 Å². The summed E-state index contributed by atoms with van der Waals surface area (Å²) in [7, 11) is -3.27. The van der Waals surface area contributed by atoms with Crippen LogP contribution in [-0.4, -0.2) is 49.4 Å². The van der Waals surface area contributed by atoms with E-state index >= 15 is 0 Å². The Morgan fingerprint density at radius 2 is 1.72 bits per heavy atom. The molecule has 0 aromatic heterocycles. The zero-order valence-corrected chi connectivity index (χ0v) is 15.5. The molecule has 25 heavy (non-hydrogen) atoms. The van der Waals surface area contributed by atoms with Gasteiger partial charge >= 0.3 is 0 Å². The summed E-state index contributed by atoms with van der Waals surface area (Å²) >= 11 is 0. The number of amides is 1. The summed E-state index contributed by atoms with van der Waals surface area (Å²) in [4.78, 5) is 14.8. The van der Waals surface area contributed by atoms with E-state index in [1.807, 2.05) is 35.2 Å². The summed E-state index contributed by atoms with van der Waals surface area (Å²) in [5, 5.41) is 0. The zero-order chi connectivity index (χ0) is 17.6. The van der Waals surface area contributed by atoms with Gasteiger partial charge in [-0.1, -0.05) is 43.2 Å². The lowest BCUT2D eigenvalue weighted by molar-refractivity contribution is -0.134. The van der Waals surface area contributed by atoms with Crippen molar-refractivity contribution in [1.29, 1.82) is 0 Å². The Bertz CT molecular complexity index is 743. The summed E-state index contributed by atoms with van der Waals surface area (Å²) < 4.78 is 26.3. The van der Waals surface area contributed by atoms with E-state index in [9.17, 15) is 13.2 Å². The van der Waals surface area contributed by atoms with Gasteiger partial charge in [-0.15, -0.1) is 0 Å². The van der Waals surface area contributed by atoms with Gasteiger partial charge in [0.1, 0.15) is 0 Å². The van der Waals surface area contributed by atoms with Crippen LogP contribution < -0.4 is 0 Å². The van der Waals surface area contributed by atoms with E-state index < -0.39 is 10.0 Å². The van der Waals surface area contributed by atoms with E-state index in [2.05, 4.69) is 0 Å². The largest absolute Gasteiger partial charge is 0.342 e. The van der Waals surface area contributed by atoms with Crippen molar-refractivity contribution < 1.29 is 13.2 Å². The molecule has 4 rings (SSSR count). The van der Waals surface area contributed by atoms with E-state index in [1.165, 1.54) is 6.26 Å². The molecule has 2 saturated heterocycles. The highest BCUT2D eigenvalue weighted by Crippen LogP contribution is 2.46. The first-order valence-electron chi connectivity index (χ1n) is 9.25. The van der Waals surface area contributed by atoms with Crippen LogP contribution in [0.1, 0.15) is 37.3 Å². The Kier molecular flexibility index (Phi) is 4.36. The fourth-order valence-electron chi connectivity index (χ4n) is 5.02. The normalized spacial score (nSPS) is 30.8. The Morgan fingerprint density at radius 1 is 1.04 bits per heavy atom. The van der Waals surface area contributed by atoms with Gasteiger partial charge < -0.3 is 4.90 Å². The highest BCUT2D eigenvalue weighted by Gasteiger charge is 2.51. The summed E-state index contributed by atoms with van der Waals surface area (Å²) in [5.74, 6) is 0.928. The maximum atomic E-state index is 12.8. The highest BCUT2D eigenvalue weighted by molar-refractivity contribution is 7.88. The molecule has 0 spiro atoms. The second-order valence-corrected chi connectivity index (χ2v) is 9.77. The van der Waals surface area contributed by atoms with Crippen LogP contribution in [0.5, 0.6) is 0 Å². The zero-order valence-electron chi connectivity index (χ0n) is 14.7. The van der Waals surface area contributed by atoms with Gasteiger partial charge in [0, 0.05) is 31.5 Å². The fraction of sp³-hybridized carbons (Fsp3) is 0.632. The van der Waals surface area contributed by atoms with Crippen molar-refractivity contribution in [2.24, 2.45) is 17.8 Å². The number of sulfonamides is 1.